The Labute approximate surface area is 70.7 Å². The Morgan fingerprint density at radius 2 is 2.25 bits per heavy atom. The van der Waals surface area contributed by atoms with Crippen LogP contribution in [0.1, 0.15) is 13.3 Å². The van der Waals surface area contributed by atoms with Crippen LogP contribution in [0.2, 0.25) is 0 Å². The van der Waals surface area contributed by atoms with Crippen molar-refractivity contribution in [3.05, 3.63) is 0 Å². The normalized spacial score (nSPS) is 61.0. The number of esters is 1. The quantitative estimate of drug-likeness (QED) is 0.525. The number of aliphatic hydroxyl groups is 1. The number of hydrogen-bond donors (Lipinski definition) is 1. The van der Waals surface area contributed by atoms with Crippen molar-refractivity contribution in [3.63, 3.8) is 0 Å². The number of carbonyl (C=O) groups excluding carboxylic acids is 1. The first-order valence-electron chi connectivity index (χ1n) is 4.58. The molecule has 1 heterocycles. The van der Waals surface area contributed by atoms with Crippen molar-refractivity contribution in [2.45, 2.75) is 25.6 Å². The summed E-state index contributed by atoms with van der Waals surface area (Å²) in [6, 6.07) is 0. The predicted octanol–water partition coefficient (Wildman–Crippen LogP) is 0.175. The first kappa shape index (κ1) is 6.89. The van der Waals surface area contributed by atoms with Crippen LogP contribution >= 0.6 is 0 Å². The maximum atomic E-state index is 11.3. The summed E-state index contributed by atoms with van der Waals surface area (Å²) in [6.07, 6.45) is 0.444. The summed E-state index contributed by atoms with van der Waals surface area (Å²) in [6.45, 7) is 2.06. The van der Waals surface area contributed by atoms with Gasteiger partial charge in [0.25, 0.3) is 0 Å². The van der Waals surface area contributed by atoms with E-state index in [0.29, 0.717) is 17.8 Å². The monoisotopic (exact) mass is 168 g/mol. The summed E-state index contributed by atoms with van der Waals surface area (Å²) in [5, 5.41) is 9.72. The fourth-order valence-corrected chi connectivity index (χ4v) is 3.38. The fraction of sp³-hybridized carbons (Fsp3) is 0.889. The topological polar surface area (TPSA) is 46.5 Å². The van der Waals surface area contributed by atoms with E-state index in [1.807, 2.05) is 0 Å². The highest BCUT2D eigenvalue weighted by molar-refractivity contribution is 5.77. The second-order valence-corrected chi connectivity index (χ2v) is 4.34. The van der Waals surface area contributed by atoms with Gasteiger partial charge in [0, 0.05) is 5.92 Å². The van der Waals surface area contributed by atoms with Gasteiger partial charge in [-0.05, 0) is 18.3 Å². The molecule has 3 fully saturated rings. The molecule has 0 aromatic carbocycles. The summed E-state index contributed by atoms with van der Waals surface area (Å²) >= 11 is 0. The third kappa shape index (κ3) is 0.534. The van der Waals surface area contributed by atoms with Crippen molar-refractivity contribution in [1.82, 2.24) is 0 Å². The Hall–Kier alpha value is -0.570. The number of carbonyl (C=O) groups is 1. The third-order valence-corrected chi connectivity index (χ3v) is 3.97. The average Bonchev–Trinajstić information content (AvgIpc) is 2.56. The van der Waals surface area contributed by atoms with Crippen LogP contribution in [0.25, 0.3) is 0 Å². The van der Waals surface area contributed by atoms with Crippen molar-refractivity contribution in [3.8, 4) is 0 Å². The van der Waals surface area contributed by atoms with Crippen molar-refractivity contribution >= 4 is 5.97 Å². The third-order valence-electron chi connectivity index (χ3n) is 3.97. The smallest absolute Gasteiger partial charge is 0.310 e. The molecule has 2 aliphatic carbocycles. The van der Waals surface area contributed by atoms with Gasteiger partial charge >= 0.3 is 5.97 Å². The molecule has 12 heavy (non-hydrogen) atoms. The molecule has 6 atom stereocenters. The lowest BCUT2D eigenvalue weighted by Gasteiger charge is -2.25. The summed E-state index contributed by atoms with van der Waals surface area (Å²) in [4.78, 5) is 11.3. The van der Waals surface area contributed by atoms with E-state index < -0.39 is 0 Å². The van der Waals surface area contributed by atoms with E-state index in [-0.39, 0.29) is 24.1 Å². The van der Waals surface area contributed by atoms with E-state index >= 15 is 0 Å². The molecule has 0 spiro atoms. The number of fused-ring (bicyclic) bond motifs is 1. The maximum Gasteiger partial charge on any atom is 0.310 e. The summed E-state index contributed by atoms with van der Waals surface area (Å²) in [7, 11) is 0. The molecule has 2 bridgehead atoms. The molecule has 3 rings (SSSR count). The van der Waals surface area contributed by atoms with E-state index in [1.165, 1.54) is 0 Å². The van der Waals surface area contributed by atoms with Crippen molar-refractivity contribution in [1.29, 1.82) is 0 Å². The summed E-state index contributed by atoms with van der Waals surface area (Å²) in [5.74, 6) is 1.00. The molecule has 1 saturated heterocycles. The van der Waals surface area contributed by atoms with Gasteiger partial charge in [-0.2, -0.15) is 0 Å². The molecular weight excluding hydrogens is 156 g/mol. The van der Waals surface area contributed by atoms with Gasteiger partial charge in [-0.3, -0.25) is 4.79 Å². The summed E-state index contributed by atoms with van der Waals surface area (Å²) < 4.78 is 5.13. The molecule has 3 heteroatoms. The highest BCUT2D eigenvalue weighted by atomic mass is 16.6. The van der Waals surface area contributed by atoms with E-state index in [1.54, 1.807) is 0 Å². The van der Waals surface area contributed by atoms with Crippen LogP contribution in [-0.2, 0) is 9.53 Å². The van der Waals surface area contributed by atoms with Crippen molar-refractivity contribution < 1.29 is 14.6 Å². The average molecular weight is 168 g/mol. The van der Waals surface area contributed by atoms with Crippen molar-refractivity contribution in [2.75, 3.05) is 0 Å². The Bertz CT molecular complexity index is 250. The first-order chi connectivity index (χ1) is 5.70. The molecule has 3 nitrogen and oxygen atoms in total. The van der Waals surface area contributed by atoms with Gasteiger partial charge in [-0.25, -0.2) is 0 Å². The molecule has 0 aromatic heterocycles. The molecule has 6 unspecified atom stereocenters. The minimum atomic E-state index is -0.382. The molecule has 0 amide bonds. The van der Waals surface area contributed by atoms with Crippen LogP contribution in [0.4, 0.5) is 0 Å². The van der Waals surface area contributed by atoms with E-state index in [4.69, 9.17) is 4.74 Å². The Balaban J connectivity index is 2.06. The minimum absolute atomic E-state index is 0.0726. The lowest BCUT2D eigenvalue weighted by molar-refractivity contribution is -0.146. The Morgan fingerprint density at radius 3 is 2.92 bits per heavy atom. The van der Waals surface area contributed by atoms with Gasteiger partial charge in [0.05, 0.1) is 12.0 Å². The van der Waals surface area contributed by atoms with Gasteiger partial charge in [-0.15, -0.1) is 0 Å². The Kier molecular flexibility index (Phi) is 1.06. The highest BCUT2D eigenvalue weighted by Crippen LogP contribution is 2.57. The fourth-order valence-electron chi connectivity index (χ4n) is 3.38. The lowest BCUT2D eigenvalue weighted by Crippen LogP contribution is -2.35. The molecule has 1 N–H and O–H groups in total. The van der Waals surface area contributed by atoms with E-state index in [0.717, 1.165) is 6.42 Å². The molecular formula is C9H12O3. The predicted molar refractivity (Wildman–Crippen MR) is 40.1 cm³/mol. The largest absolute Gasteiger partial charge is 0.459 e. The standard InChI is InChI=1S/C9H12O3/c1-3-4-2-5-6(3)9(11)12-8(5)7(4)10/h3-8,10H,2H2,1H3. The van der Waals surface area contributed by atoms with E-state index in [9.17, 15) is 9.90 Å². The molecule has 0 aromatic rings. The second kappa shape index (κ2) is 1.84. The lowest BCUT2D eigenvalue weighted by atomic mass is 9.80. The van der Waals surface area contributed by atoms with Crippen LogP contribution in [0.15, 0.2) is 0 Å². The second-order valence-electron chi connectivity index (χ2n) is 4.34. The zero-order chi connectivity index (χ0) is 8.46. The van der Waals surface area contributed by atoms with Gasteiger partial charge < -0.3 is 9.84 Å². The minimum Gasteiger partial charge on any atom is -0.459 e. The van der Waals surface area contributed by atoms with Gasteiger partial charge in [-0.1, -0.05) is 6.92 Å². The zero-order valence-electron chi connectivity index (χ0n) is 6.93. The molecule has 1 aliphatic heterocycles. The highest BCUT2D eigenvalue weighted by Gasteiger charge is 2.64. The zero-order valence-corrected chi connectivity index (χ0v) is 6.93. The SMILES string of the molecule is CC1C2CC3C(OC(=O)C13)C2O. The summed E-state index contributed by atoms with van der Waals surface area (Å²) in [5.41, 5.74) is 0. The molecule has 66 valence electrons. The maximum absolute atomic E-state index is 11.3. The van der Waals surface area contributed by atoms with E-state index in [2.05, 4.69) is 6.92 Å². The Morgan fingerprint density at radius 1 is 1.50 bits per heavy atom. The first-order valence-corrected chi connectivity index (χ1v) is 4.58. The van der Waals surface area contributed by atoms with Gasteiger partial charge in [0.15, 0.2) is 0 Å². The molecule has 0 radical (unpaired) electrons. The van der Waals surface area contributed by atoms with Crippen LogP contribution in [0.5, 0.6) is 0 Å². The van der Waals surface area contributed by atoms with Crippen LogP contribution in [0, 0.1) is 23.7 Å². The van der Waals surface area contributed by atoms with Gasteiger partial charge in [0.1, 0.15) is 6.10 Å². The number of aliphatic hydroxyl groups excluding tert-OH is 1. The number of hydrogen-bond acceptors (Lipinski definition) is 3. The van der Waals surface area contributed by atoms with Gasteiger partial charge in [0.2, 0.25) is 0 Å². The van der Waals surface area contributed by atoms with Crippen LogP contribution in [0.3, 0.4) is 0 Å². The van der Waals surface area contributed by atoms with Crippen LogP contribution < -0.4 is 0 Å². The van der Waals surface area contributed by atoms with Crippen molar-refractivity contribution in [2.24, 2.45) is 23.7 Å². The van der Waals surface area contributed by atoms with Crippen LogP contribution in [-0.4, -0.2) is 23.3 Å². The number of rotatable bonds is 0. The number of ether oxygens (including phenoxy) is 1. The molecule has 2 saturated carbocycles. The molecule has 3 aliphatic rings.